The van der Waals surface area contributed by atoms with Crippen LogP contribution >= 0.6 is 10.8 Å². The van der Waals surface area contributed by atoms with Crippen LogP contribution in [0.25, 0.3) is 10.8 Å². The van der Waals surface area contributed by atoms with E-state index >= 15 is 0 Å². The molecule has 1 aromatic carbocycles. The van der Waals surface area contributed by atoms with Crippen LogP contribution in [0.2, 0.25) is 0 Å². The first kappa shape index (κ1) is 33.3. The molecule has 12 nitrogen and oxygen atoms in total. The molecule has 2 aromatic rings. The minimum absolute atomic E-state index is 0.0394. The summed E-state index contributed by atoms with van der Waals surface area (Å²) in [6, 6.07) is 2.97. The van der Waals surface area contributed by atoms with Crippen LogP contribution in [0.1, 0.15) is 54.9 Å². The van der Waals surface area contributed by atoms with Crippen LogP contribution in [-0.4, -0.2) is 90.9 Å². The van der Waals surface area contributed by atoms with Gasteiger partial charge in [-0.1, -0.05) is 12.1 Å². The van der Waals surface area contributed by atoms with Gasteiger partial charge in [0.1, 0.15) is 17.2 Å². The van der Waals surface area contributed by atoms with Crippen molar-refractivity contribution in [2.24, 2.45) is 0 Å². The number of nitrogens with zero attached hydrogens (tertiary/aromatic N) is 3. The third-order valence-electron chi connectivity index (χ3n) is 6.25. The maximum Gasteiger partial charge on any atom is 0.408 e. The van der Waals surface area contributed by atoms with Gasteiger partial charge in [0.05, 0.1) is 17.6 Å². The van der Waals surface area contributed by atoms with E-state index in [2.05, 4.69) is 15.6 Å². The van der Waals surface area contributed by atoms with E-state index < -0.39 is 58.0 Å². The summed E-state index contributed by atoms with van der Waals surface area (Å²) in [5.41, 5.74) is -1.59. The van der Waals surface area contributed by atoms with Crippen molar-refractivity contribution in [3.05, 3.63) is 36.4 Å². The van der Waals surface area contributed by atoms with E-state index in [0.29, 0.717) is 11.8 Å². The number of benzene rings is 1. The number of halogens is 1. The number of hydrogen-bond acceptors (Lipinski definition) is 9. The molecule has 1 aliphatic heterocycles. The van der Waals surface area contributed by atoms with Gasteiger partial charge in [0, 0.05) is 42.6 Å². The number of hydrogen-bond donors (Lipinski definition) is 4. The highest BCUT2D eigenvalue weighted by molar-refractivity contribution is 8.22. The molecule has 0 aliphatic carbocycles. The van der Waals surface area contributed by atoms with Crippen LogP contribution in [0.15, 0.2) is 35.5 Å². The number of alkyl carbamates (subject to hydrolysis) is 2. The highest BCUT2D eigenvalue weighted by Gasteiger charge is 2.37. The maximum atomic E-state index is 14.8. The minimum Gasteiger partial charge on any atom is -0.444 e. The van der Waals surface area contributed by atoms with Crippen molar-refractivity contribution in [1.29, 1.82) is 0 Å². The Bertz CT molecular complexity index is 1290. The molecule has 1 aromatic heterocycles. The Morgan fingerprint density at radius 3 is 2.36 bits per heavy atom. The molecular formula is C28H42FN5O7S. The molecule has 234 valence electrons. The Hall–Kier alpha value is -3.20. The Labute approximate surface area is 247 Å². The van der Waals surface area contributed by atoms with Crippen LogP contribution < -0.4 is 10.6 Å². The third-order valence-corrected chi connectivity index (χ3v) is 8.38. The monoisotopic (exact) mass is 611 g/mol. The number of fused-ring (bicyclic) bond motifs is 1. The lowest BCUT2D eigenvalue weighted by Crippen LogP contribution is -2.56. The summed E-state index contributed by atoms with van der Waals surface area (Å²) in [6.07, 6.45) is 1.24. The lowest BCUT2D eigenvalue weighted by Gasteiger charge is -2.46. The van der Waals surface area contributed by atoms with Crippen molar-refractivity contribution < 1.29 is 37.4 Å². The zero-order valence-corrected chi connectivity index (χ0v) is 26.0. The Morgan fingerprint density at radius 2 is 1.71 bits per heavy atom. The van der Waals surface area contributed by atoms with Crippen molar-refractivity contribution in [3.8, 4) is 0 Å². The molecule has 14 heteroatoms. The van der Waals surface area contributed by atoms with Crippen LogP contribution in [0.4, 0.5) is 14.0 Å². The number of rotatable bonds is 6. The second-order valence-electron chi connectivity index (χ2n) is 12.2. The molecule has 0 unspecified atom stereocenters. The molecule has 3 amide bonds. The maximum absolute atomic E-state index is 14.8. The molecule has 42 heavy (non-hydrogen) atoms. The summed E-state index contributed by atoms with van der Waals surface area (Å²) >= 11 is 0. The lowest BCUT2D eigenvalue weighted by molar-refractivity contribution is -0.133. The normalized spacial score (nSPS) is 18.1. The van der Waals surface area contributed by atoms with Crippen molar-refractivity contribution >= 4 is 39.6 Å². The van der Waals surface area contributed by atoms with Gasteiger partial charge in [-0.25, -0.2) is 14.0 Å². The molecule has 3 rings (SSSR count). The van der Waals surface area contributed by atoms with Gasteiger partial charge >= 0.3 is 12.2 Å². The van der Waals surface area contributed by atoms with Gasteiger partial charge in [0.15, 0.2) is 5.82 Å². The van der Waals surface area contributed by atoms with E-state index in [9.17, 15) is 27.9 Å². The topological polar surface area (TPSA) is 154 Å². The molecule has 1 aliphatic rings. The molecule has 0 radical (unpaired) electrons. The number of aromatic nitrogens is 1. The molecule has 0 saturated carbocycles. The van der Waals surface area contributed by atoms with Crippen molar-refractivity contribution in [2.75, 3.05) is 26.2 Å². The summed E-state index contributed by atoms with van der Waals surface area (Å²) in [4.78, 5) is 44.0. The van der Waals surface area contributed by atoms with E-state index in [1.807, 2.05) is 0 Å². The number of nitrogens with one attached hydrogen (secondary N) is 2. The molecule has 0 spiro atoms. The second-order valence-corrected chi connectivity index (χ2v) is 14.1. The van der Waals surface area contributed by atoms with E-state index in [-0.39, 0.29) is 36.5 Å². The molecule has 4 N–H and O–H groups in total. The number of ether oxygens (including phenoxy) is 2. The largest absolute Gasteiger partial charge is 0.444 e. The quantitative estimate of drug-likeness (QED) is 0.363. The second kappa shape index (κ2) is 13.0. The molecule has 1 fully saturated rings. The van der Waals surface area contributed by atoms with Crippen LogP contribution in [0.3, 0.4) is 0 Å². The first-order valence-corrected chi connectivity index (χ1v) is 15.2. The number of pyridine rings is 1. The first-order chi connectivity index (χ1) is 19.4. The van der Waals surface area contributed by atoms with E-state index in [1.165, 1.54) is 21.5 Å². The zero-order valence-electron chi connectivity index (χ0n) is 25.1. The van der Waals surface area contributed by atoms with Gasteiger partial charge in [-0.15, -0.1) is 10.8 Å². The third kappa shape index (κ3) is 8.66. The number of carbonyl (C=O) groups is 3. The summed E-state index contributed by atoms with van der Waals surface area (Å²) in [5, 5.41) is 5.57. The van der Waals surface area contributed by atoms with E-state index in [0.717, 1.165) is 6.20 Å². The fourth-order valence-electron chi connectivity index (χ4n) is 4.60. The van der Waals surface area contributed by atoms with Gasteiger partial charge in [0.25, 0.3) is 0 Å². The Balaban J connectivity index is 1.81. The van der Waals surface area contributed by atoms with Crippen molar-refractivity contribution in [3.63, 3.8) is 0 Å². The van der Waals surface area contributed by atoms with Crippen LogP contribution in [-0.2, 0) is 14.3 Å². The average molecular weight is 612 g/mol. The average Bonchev–Trinajstić information content (AvgIpc) is 3.05. The summed E-state index contributed by atoms with van der Waals surface area (Å²) in [5.74, 6) is -1.17. The molecule has 0 bridgehead atoms. The Kier molecular flexibility index (Phi) is 10.3. The number of amides is 3. The Morgan fingerprint density at radius 1 is 1.07 bits per heavy atom. The molecule has 1 saturated heterocycles. The number of carbonyl (C=O) groups excluding carboxylic acids is 3. The van der Waals surface area contributed by atoms with Gasteiger partial charge in [-0.05, 0) is 61.0 Å². The SMILES string of the molecule is C[C@H]1CN(C(=O)[C@@H](CNC(=O)OC(C)(C)C)NC(=O)OC(C)(C)C)CCCN1S(O)(O)c1cccc2cncc(F)c12. The van der Waals surface area contributed by atoms with Gasteiger partial charge < -0.3 is 25.0 Å². The van der Waals surface area contributed by atoms with Gasteiger partial charge in [-0.2, -0.15) is 4.31 Å². The lowest BCUT2D eigenvalue weighted by atomic mass is 10.2. The fourth-order valence-corrected chi connectivity index (χ4v) is 6.56. The van der Waals surface area contributed by atoms with E-state index in [1.54, 1.807) is 60.6 Å². The minimum atomic E-state index is -3.67. The highest BCUT2D eigenvalue weighted by atomic mass is 32.3. The molecular weight excluding hydrogens is 569 g/mol. The predicted molar refractivity (Wildman–Crippen MR) is 158 cm³/mol. The standard InChI is InChI=1S/C28H42FN5O7S/c1-18-17-33(24(35)21(32-26(37)41-28(5,6)7)16-31-25(36)40-27(2,3)4)12-9-13-34(18)42(38,39)22-11-8-10-19-14-30-15-20(29)23(19)22/h8,10-11,14-15,18,21,38-39H,9,12-13,16-17H2,1-7H3,(H,31,36)(H,32,37)/t18-,21+/m0/s1. The summed E-state index contributed by atoms with van der Waals surface area (Å²) in [6.45, 7) is 12.1. The van der Waals surface area contributed by atoms with E-state index in [4.69, 9.17) is 9.47 Å². The first-order valence-electron chi connectivity index (χ1n) is 13.7. The van der Waals surface area contributed by atoms with Crippen LogP contribution in [0, 0.1) is 5.82 Å². The molecule has 2 atom stereocenters. The van der Waals surface area contributed by atoms with Crippen molar-refractivity contribution in [1.82, 2.24) is 24.8 Å². The summed E-state index contributed by atoms with van der Waals surface area (Å²) in [7, 11) is -3.67. The van der Waals surface area contributed by atoms with Crippen molar-refractivity contribution in [2.45, 2.75) is 83.1 Å². The highest BCUT2D eigenvalue weighted by Crippen LogP contribution is 2.55. The predicted octanol–water partition coefficient (Wildman–Crippen LogP) is 4.74. The van der Waals surface area contributed by atoms with Gasteiger partial charge in [-0.3, -0.25) is 18.9 Å². The molecule has 2 heterocycles. The summed E-state index contributed by atoms with van der Waals surface area (Å²) < 4.78 is 49.8. The fraction of sp³-hybridized carbons (Fsp3) is 0.571. The smallest absolute Gasteiger partial charge is 0.408 e. The van der Waals surface area contributed by atoms with Gasteiger partial charge in [0.2, 0.25) is 5.91 Å². The zero-order chi connectivity index (χ0) is 31.5. The van der Waals surface area contributed by atoms with Crippen LogP contribution in [0.5, 0.6) is 0 Å².